The van der Waals surface area contributed by atoms with Crippen molar-refractivity contribution in [2.45, 2.75) is 25.3 Å². The number of nitrogens with zero attached hydrogens (tertiary/aromatic N) is 1. The Morgan fingerprint density at radius 3 is 2.63 bits per heavy atom. The Hall–Kier alpha value is -2.43. The van der Waals surface area contributed by atoms with Gasteiger partial charge in [0.1, 0.15) is 28.2 Å². The van der Waals surface area contributed by atoms with Crippen LogP contribution in [-0.4, -0.2) is 62.5 Å². The van der Waals surface area contributed by atoms with E-state index >= 15 is 0 Å². The summed E-state index contributed by atoms with van der Waals surface area (Å²) in [5.74, 6) is -2.90. The van der Waals surface area contributed by atoms with Gasteiger partial charge in [-0.25, -0.2) is 4.79 Å². The first kappa shape index (κ1) is 22.3. The topological polar surface area (TPSA) is 129 Å². The molecule has 3 N–H and O–H groups in total. The van der Waals surface area contributed by atoms with Crippen LogP contribution in [0.25, 0.3) is 5.57 Å². The van der Waals surface area contributed by atoms with E-state index in [0.29, 0.717) is 11.3 Å². The number of aliphatic carboxylic acids is 1. The SMILES string of the molecule is CC(=O)OCC1=C(C(=O)O)N2C(=O)C(NC(=O)C(=C(Cl)Cl)c3[nH]ccc3C)[C@@H]2SC1. The molecule has 12 heteroatoms. The van der Waals surface area contributed by atoms with E-state index in [4.69, 9.17) is 27.9 Å². The molecule has 2 atom stereocenters. The molecule has 0 bridgehead atoms. The Morgan fingerprint density at radius 1 is 1.40 bits per heavy atom. The zero-order valence-electron chi connectivity index (χ0n) is 15.8. The molecule has 160 valence electrons. The van der Waals surface area contributed by atoms with Gasteiger partial charge in [0.25, 0.3) is 11.8 Å². The average molecular weight is 474 g/mol. The number of aromatic nitrogens is 1. The summed E-state index contributed by atoms with van der Waals surface area (Å²) in [5.41, 5.74) is 1.21. The number of ether oxygens (including phenoxy) is 1. The van der Waals surface area contributed by atoms with Crippen molar-refractivity contribution in [3.63, 3.8) is 0 Å². The molecule has 2 aliphatic heterocycles. The molecule has 0 spiro atoms. The molecule has 3 rings (SSSR count). The summed E-state index contributed by atoms with van der Waals surface area (Å²) < 4.78 is 4.62. The van der Waals surface area contributed by atoms with Crippen molar-refractivity contribution in [1.82, 2.24) is 15.2 Å². The minimum Gasteiger partial charge on any atom is -0.477 e. The molecule has 1 aromatic rings. The van der Waals surface area contributed by atoms with Crippen molar-refractivity contribution < 1.29 is 29.0 Å². The number of carbonyl (C=O) groups is 4. The van der Waals surface area contributed by atoms with Crippen molar-refractivity contribution in [3.05, 3.63) is 39.3 Å². The summed E-state index contributed by atoms with van der Waals surface area (Å²) in [6, 6.07) is 0.784. The number of esters is 1. The fourth-order valence-electron chi connectivity index (χ4n) is 3.21. The third-order valence-corrected chi connectivity index (χ3v) is 6.33. The molecule has 9 nitrogen and oxygen atoms in total. The Bertz CT molecular complexity index is 998. The molecule has 1 fully saturated rings. The number of aromatic amines is 1. The highest BCUT2D eigenvalue weighted by atomic mass is 35.5. The van der Waals surface area contributed by atoms with Gasteiger partial charge in [0.05, 0.1) is 11.3 Å². The number of fused-ring (bicyclic) bond motifs is 1. The summed E-state index contributed by atoms with van der Waals surface area (Å²) >= 11 is 13.1. The summed E-state index contributed by atoms with van der Waals surface area (Å²) in [6.07, 6.45) is 1.62. The van der Waals surface area contributed by atoms with E-state index in [1.54, 1.807) is 19.2 Å². The molecule has 0 aliphatic carbocycles. The highest BCUT2D eigenvalue weighted by molar-refractivity contribution is 8.00. The van der Waals surface area contributed by atoms with E-state index in [1.807, 2.05) is 0 Å². The normalized spacial score (nSPS) is 20.3. The van der Waals surface area contributed by atoms with E-state index in [9.17, 15) is 24.3 Å². The minimum atomic E-state index is -1.31. The van der Waals surface area contributed by atoms with Gasteiger partial charge in [0, 0.05) is 24.4 Å². The predicted molar refractivity (Wildman–Crippen MR) is 110 cm³/mol. The number of hydrogen-bond donors (Lipinski definition) is 3. The zero-order chi connectivity index (χ0) is 22.2. The number of H-pyrrole nitrogens is 1. The van der Waals surface area contributed by atoms with Gasteiger partial charge in [-0.1, -0.05) is 23.2 Å². The molecule has 1 aromatic heterocycles. The summed E-state index contributed by atoms with van der Waals surface area (Å²) in [5, 5.41) is 11.5. The molecule has 1 unspecified atom stereocenters. The number of halogens is 2. The number of carbonyl (C=O) groups excluding carboxylic acids is 3. The van der Waals surface area contributed by atoms with Crippen LogP contribution >= 0.6 is 35.0 Å². The number of amides is 2. The van der Waals surface area contributed by atoms with Gasteiger partial charge in [-0.2, -0.15) is 0 Å². The lowest BCUT2D eigenvalue weighted by molar-refractivity contribution is -0.150. The van der Waals surface area contributed by atoms with Crippen LogP contribution in [0.4, 0.5) is 0 Å². The predicted octanol–water partition coefficient (Wildman–Crippen LogP) is 1.77. The van der Waals surface area contributed by atoms with Crippen molar-refractivity contribution in [1.29, 1.82) is 0 Å². The maximum atomic E-state index is 12.8. The zero-order valence-corrected chi connectivity index (χ0v) is 18.2. The van der Waals surface area contributed by atoms with Crippen LogP contribution in [0.5, 0.6) is 0 Å². The monoisotopic (exact) mass is 473 g/mol. The molecule has 0 aromatic carbocycles. The van der Waals surface area contributed by atoms with Gasteiger partial charge in [-0.15, -0.1) is 11.8 Å². The number of aryl methyl sites for hydroxylation is 1. The molecule has 0 saturated carbocycles. The van der Waals surface area contributed by atoms with E-state index < -0.39 is 35.2 Å². The van der Waals surface area contributed by atoms with Crippen molar-refractivity contribution in [2.75, 3.05) is 12.4 Å². The second-order valence-corrected chi connectivity index (χ2v) is 8.62. The molecular weight excluding hydrogens is 457 g/mol. The number of rotatable bonds is 6. The second-order valence-electron chi connectivity index (χ2n) is 6.57. The summed E-state index contributed by atoms with van der Waals surface area (Å²) in [6.45, 7) is 2.75. The molecule has 0 radical (unpaired) electrons. The first-order valence-electron chi connectivity index (χ1n) is 8.67. The highest BCUT2D eigenvalue weighted by Gasteiger charge is 2.54. The number of carboxylic acids is 1. The van der Waals surface area contributed by atoms with Gasteiger partial charge in [0.2, 0.25) is 0 Å². The lowest BCUT2D eigenvalue weighted by Gasteiger charge is -2.49. The maximum Gasteiger partial charge on any atom is 0.352 e. The quantitative estimate of drug-likeness (QED) is 0.326. The van der Waals surface area contributed by atoms with Crippen LogP contribution in [0.15, 0.2) is 28.0 Å². The molecule has 2 amide bonds. The Kier molecular flexibility index (Phi) is 6.49. The molecule has 3 heterocycles. The first-order chi connectivity index (χ1) is 14.1. The Balaban J connectivity index is 1.80. The fourth-order valence-corrected chi connectivity index (χ4v) is 4.89. The second kappa shape index (κ2) is 8.75. The van der Waals surface area contributed by atoms with Gasteiger partial charge in [0.15, 0.2) is 0 Å². The number of hydrogen-bond acceptors (Lipinski definition) is 6. The van der Waals surface area contributed by atoms with Crippen molar-refractivity contribution in [3.8, 4) is 0 Å². The highest BCUT2D eigenvalue weighted by Crippen LogP contribution is 2.40. The third-order valence-electron chi connectivity index (χ3n) is 4.61. The van der Waals surface area contributed by atoms with Crippen LogP contribution < -0.4 is 5.32 Å². The Labute approximate surface area is 185 Å². The van der Waals surface area contributed by atoms with Crippen molar-refractivity contribution >= 4 is 64.3 Å². The maximum absolute atomic E-state index is 12.8. The Morgan fingerprint density at radius 2 is 2.10 bits per heavy atom. The van der Waals surface area contributed by atoms with Crippen LogP contribution in [0.3, 0.4) is 0 Å². The molecule has 2 aliphatic rings. The van der Waals surface area contributed by atoms with E-state index in [1.165, 1.54) is 18.7 Å². The number of β-lactam (4-membered cyclic amide) rings is 1. The van der Waals surface area contributed by atoms with Gasteiger partial charge >= 0.3 is 11.9 Å². The summed E-state index contributed by atoms with van der Waals surface area (Å²) in [7, 11) is 0. The number of carboxylic acid groups (broad SMARTS) is 1. The number of thioether (sulfide) groups is 1. The van der Waals surface area contributed by atoms with Crippen LogP contribution in [0.1, 0.15) is 18.2 Å². The summed E-state index contributed by atoms with van der Waals surface area (Å²) in [4.78, 5) is 52.2. The van der Waals surface area contributed by atoms with E-state index in [-0.39, 0.29) is 28.1 Å². The van der Waals surface area contributed by atoms with Crippen LogP contribution in [-0.2, 0) is 23.9 Å². The third kappa shape index (κ3) is 4.07. The van der Waals surface area contributed by atoms with E-state index in [0.717, 1.165) is 10.5 Å². The van der Waals surface area contributed by atoms with Gasteiger partial charge in [-0.05, 0) is 18.6 Å². The average Bonchev–Trinajstić information content (AvgIpc) is 3.08. The lowest BCUT2D eigenvalue weighted by Crippen LogP contribution is -2.70. The van der Waals surface area contributed by atoms with E-state index in [2.05, 4.69) is 10.3 Å². The van der Waals surface area contributed by atoms with Crippen LogP contribution in [0.2, 0.25) is 0 Å². The molecule has 30 heavy (non-hydrogen) atoms. The number of nitrogens with one attached hydrogen (secondary N) is 2. The largest absolute Gasteiger partial charge is 0.477 e. The van der Waals surface area contributed by atoms with Gasteiger partial charge < -0.3 is 20.1 Å². The molecular formula is C18H17Cl2N3O6S. The fraction of sp³-hybridized carbons (Fsp3) is 0.333. The molecule has 1 saturated heterocycles. The van der Waals surface area contributed by atoms with Gasteiger partial charge in [-0.3, -0.25) is 19.3 Å². The van der Waals surface area contributed by atoms with Crippen LogP contribution in [0, 0.1) is 6.92 Å². The smallest absolute Gasteiger partial charge is 0.352 e. The van der Waals surface area contributed by atoms with Crippen molar-refractivity contribution in [2.24, 2.45) is 0 Å². The minimum absolute atomic E-state index is 0.0163. The first-order valence-corrected chi connectivity index (χ1v) is 10.5. The lowest BCUT2D eigenvalue weighted by atomic mass is 10.0. The standard InChI is InChI=1S/C18H17Cl2N3O6S/c1-7-3-4-21-11(7)10(14(19)20)15(25)22-12-16(26)23-13(18(27)28)9(5-29-8(2)24)6-30-17(12)23/h3-4,12,17,21H,5-6H2,1-2H3,(H,22,25)(H,27,28)/t12?,17-/m0/s1.